The van der Waals surface area contributed by atoms with Crippen LogP contribution in [0.4, 0.5) is 0 Å². The van der Waals surface area contributed by atoms with Gasteiger partial charge in [0.1, 0.15) is 11.3 Å². The Morgan fingerprint density at radius 2 is 2.19 bits per heavy atom. The van der Waals surface area contributed by atoms with E-state index in [9.17, 15) is 0 Å². The summed E-state index contributed by atoms with van der Waals surface area (Å²) in [5.41, 5.74) is 3.43. The van der Waals surface area contributed by atoms with Crippen LogP contribution in [0.2, 0.25) is 0 Å². The maximum Gasteiger partial charge on any atom is 0.113 e. The van der Waals surface area contributed by atoms with Gasteiger partial charge in [0.2, 0.25) is 0 Å². The molecule has 1 saturated heterocycles. The predicted molar refractivity (Wildman–Crippen MR) is 84.0 cm³/mol. The number of aromatic nitrogens is 3. The molecule has 0 aromatic carbocycles. The molecule has 1 saturated carbocycles. The number of imidazole rings is 1. The van der Waals surface area contributed by atoms with Crippen molar-refractivity contribution in [3.05, 3.63) is 23.5 Å². The van der Waals surface area contributed by atoms with Crippen molar-refractivity contribution in [3.63, 3.8) is 0 Å². The molecule has 0 spiro atoms. The smallest absolute Gasteiger partial charge is 0.113 e. The lowest BCUT2D eigenvalue weighted by atomic mass is 10.1. The Morgan fingerprint density at radius 3 is 3.00 bits per heavy atom. The van der Waals surface area contributed by atoms with Gasteiger partial charge in [-0.15, -0.1) is 11.3 Å². The predicted octanol–water partition coefficient (Wildman–Crippen LogP) is 3.87. The molecule has 4 nitrogen and oxygen atoms in total. The standard InChI is InChI=1S/C16H17N3OS/c1-2-11(9-20-6-1)19-14-13(18-16(19)10-3-4-10)8-17-12-5-7-21-15(12)14/h5,7-8,10-11H,1-4,6,9H2. The highest BCUT2D eigenvalue weighted by Gasteiger charge is 2.33. The van der Waals surface area contributed by atoms with Crippen LogP contribution in [0.1, 0.15) is 43.5 Å². The largest absolute Gasteiger partial charge is 0.379 e. The van der Waals surface area contributed by atoms with Crippen molar-refractivity contribution < 1.29 is 4.74 Å². The van der Waals surface area contributed by atoms with E-state index in [-0.39, 0.29) is 0 Å². The minimum atomic E-state index is 0.437. The van der Waals surface area contributed by atoms with Crippen LogP contribution in [0.25, 0.3) is 21.3 Å². The van der Waals surface area contributed by atoms with E-state index in [2.05, 4.69) is 21.0 Å². The van der Waals surface area contributed by atoms with Crippen molar-refractivity contribution >= 4 is 32.6 Å². The summed E-state index contributed by atoms with van der Waals surface area (Å²) < 4.78 is 9.51. The molecule has 108 valence electrons. The number of hydrogen-bond acceptors (Lipinski definition) is 4. The van der Waals surface area contributed by atoms with Crippen LogP contribution in [0.15, 0.2) is 17.6 Å². The highest BCUT2D eigenvalue weighted by Crippen LogP contribution is 2.44. The summed E-state index contributed by atoms with van der Waals surface area (Å²) in [6, 6.07) is 2.54. The average molecular weight is 299 g/mol. The molecule has 0 amide bonds. The Bertz CT molecular complexity index is 812. The van der Waals surface area contributed by atoms with Crippen LogP contribution in [0, 0.1) is 0 Å². The second-order valence-corrected chi connectivity index (χ2v) is 7.03. The van der Waals surface area contributed by atoms with Crippen molar-refractivity contribution in [3.8, 4) is 0 Å². The molecule has 1 aliphatic carbocycles. The molecule has 5 rings (SSSR count). The molecule has 4 heterocycles. The van der Waals surface area contributed by atoms with E-state index >= 15 is 0 Å². The third-order valence-corrected chi connectivity index (χ3v) is 5.51. The highest BCUT2D eigenvalue weighted by atomic mass is 32.1. The van der Waals surface area contributed by atoms with Crippen LogP contribution in [-0.4, -0.2) is 27.7 Å². The second kappa shape index (κ2) is 4.52. The van der Waals surface area contributed by atoms with Gasteiger partial charge in [0.05, 0.1) is 34.6 Å². The molecule has 1 atom stereocenters. The molecule has 1 aliphatic heterocycles. The van der Waals surface area contributed by atoms with E-state index in [0.717, 1.165) is 30.7 Å². The Hall–Kier alpha value is -1.46. The van der Waals surface area contributed by atoms with Gasteiger partial charge < -0.3 is 9.30 Å². The van der Waals surface area contributed by atoms with Gasteiger partial charge in [-0.25, -0.2) is 4.98 Å². The van der Waals surface area contributed by atoms with Gasteiger partial charge in [0.15, 0.2) is 0 Å². The van der Waals surface area contributed by atoms with Crippen molar-refractivity contribution in [2.24, 2.45) is 0 Å². The van der Waals surface area contributed by atoms with Crippen LogP contribution in [0.3, 0.4) is 0 Å². The van der Waals surface area contributed by atoms with Crippen molar-refractivity contribution in [2.45, 2.75) is 37.6 Å². The third kappa shape index (κ3) is 1.84. The number of hydrogen-bond donors (Lipinski definition) is 0. The Balaban J connectivity index is 1.81. The van der Waals surface area contributed by atoms with Gasteiger partial charge in [-0.2, -0.15) is 0 Å². The van der Waals surface area contributed by atoms with Gasteiger partial charge in [-0.05, 0) is 37.1 Å². The number of pyridine rings is 1. The van der Waals surface area contributed by atoms with E-state index in [1.54, 1.807) is 11.3 Å². The van der Waals surface area contributed by atoms with E-state index in [1.165, 1.54) is 35.3 Å². The lowest BCUT2D eigenvalue weighted by Gasteiger charge is -2.26. The van der Waals surface area contributed by atoms with Crippen LogP contribution >= 0.6 is 11.3 Å². The molecule has 0 N–H and O–H groups in total. The molecule has 0 bridgehead atoms. The van der Waals surface area contributed by atoms with Crippen molar-refractivity contribution in [1.82, 2.24) is 14.5 Å². The SMILES string of the molecule is c1cc2ncc3nc(C4CC4)n(C4CCCOC4)c3c2s1. The Morgan fingerprint density at radius 1 is 1.24 bits per heavy atom. The Labute approximate surface area is 126 Å². The highest BCUT2D eigenvalue weighted by molar-refractivity contribution is 7.18. The molecule has 5 heteroatoms. The molecular formula is C16H17N3OS. The topological polar surface area (TPSA) is 39.9 Å². The first-order valence-electron chi connectivity index (χ1n) is 7.73. The molecule has 0 radical (unpaired) electrons. The van der Waals surface area contributed by atoms with Crippen LogP contribution in [0.5, 0.6) is 0 Å². The number of rotatable bonds is 2. The molecule has 3 aromatic heterocycles. The maximum absolute atomic E-state index is 5.74. The summed E-state index contributed by atoms with van der Waals surface area (Å²) in [5, 5.41) is 2.13. The Kier molecular flexibility index (Phi) is 2.61. The first-order valence-corrected chi connectivity index (χ1v) is 8.61. The van der Waals surface area contributed by atoms with Gasteiger partial charge in [-0.1, -0.05) is 0 Å². The fourth-order valence-corrected chi connectivity index (χ4v) is 4.31. The van der Waals surface area contributed by atoms with Gasteiger partial charge in [0.25, 0.3) is 0 Å². The molecule has 2 fully saturated rings. The first kappa shape index (κ1) is 12.1. The van der Waals surface area contributed by atoms with Gasteiger partial charge >= 0.3 is 0 Å². The zero-order valence-corrected chi connectivity index (χ0v) is 12.6. The number of fused-ring (bicyclic) bond motifs is 3. The van der Waals surface area contributed by atoms with Crippen LogP contribution in [-0.2, 0) is 4.74 Å². The maximum atomic E-state index is 5.74. The molecule has 2 aliphatic rings. The van der Waals surface area contributed by atoms with Crippen molar-refractivity contribution in [2.75, 3.05) is 13.2 Å². The van der Waals surface area contributed by atoms with Crippen LogP contribution < -0.4 is 0 Å². The molecule has 3 aromatic rings. The molecule has 21 heavy (non-hydrogen) atoms. The average Bonchev–Trinajstić information content (AvgIpc) is 3.12. The van der Waals surface area contributed by atoms with Crippen molar-refractivity contribution in [1.29, 1.82) is 0 Å². The van der Waals surface area contributed by atoms with Gasteiger partial charge in [0, 0.05) is 12.5 Å². The monoisotopic (exact) mass is 299 g/mol. The first-order chi connectivity index (χ1) is 10.4. The van der Waals surface area contributed by atoms with E-state index in [1.807, 2.05) is 6.20 Å². The summed E-state index contributed by atoms with van der Waals surface area (Å²) >= 11 is 1.78. The van der Waals surface area contributed by atoms with Gasteiger partial charge in [-0.3, -0.25) is 4.98 Å². The summed E-state index contributed by atoms with van der Waals surface area (Å²) in [7, 11) is 0. The zero-order chi connectivity index (χ0) is 13.8. The number of nitrogens with zero attached hydrogens (tertiary/aromatic N) is 3. The summed E-state index contributed by atoms with van der Waals surface area (Å²) in [4.78, 5) is 9.48. The molecule has 1 unspecified atom stereocenters. The fourth-order valence-electron chi connectivity index (χ4n) is 3.42. The second-order valence-electron chi connectivity index (χ2n) is 6.11. The lowest BCUT2D eigenvalue weighted by Crippen LogP contribution is -2.22. The van der Waals surface area contributed by atoms with E-state index in [4.69, 9.17) is 9.72 Å². The summed E-state index contributed by atoms with van der Waals surface area (Å²) in [5.74, 6) is 1.91. The lowest BCUT2D eigenvalue weighted by molar-refractivity contribution is 0.0596. The minimum Gasteiger partial charge on any atom is -0.379 e. The number of thiophene rings is 1. The summed E-state index contributed by atoms with van der Waals surface area (Å²) in [6.45, 7) is 1.72. The van der Waals surface area contributed by atoms with E-state index in [0.29, 0.717) is 12.0 Å². The third-order valence-electron chi connectivity index (χ3n) is 4.59. The normalized spacial score (nSPS) is 23.1. The quantitative estimate of drug-likeness (QED) is 0.721. The molecular weight excluding hydrogens is 282 g/mol. The fraction of sp³-hybridized carbons (Fsp3) is 0.500. The number of ether oxygens (including phenoxy) is 1. The zero-order valence-electron chi connectivity index (χ0n) is 11.8. The minimum absolute atomic E-state index is 0.437. The summed E-state index contributed by atoms with van der Waals surface area (Å²) in [6.07, 6.45) is 6.83. The van der Waals surface area contributed by atoms with E-state index < -0.39 is 0 Å².